The topological polar surface area (TPSA) is 84.1 Å². The molecule has 9 heteroatoms. The van der Waals surface area contributed by atoms with Crippen LogP contribution in [-0.2, 0) is 11.2 Å². The third-order valence-electron chi connectivity index (χ3n) is 3.53. The van der Waals surface area contributed by atoms with Crippen LogP contribution in [0, 0.1) is 0 Å². The average Bonchev–Trinajstić information content (AvgIpc) is 2.60. The van der Waals surface area contributed by atoms with Gasteiger partial charge < -0.3 is 10.1 Å². The van der Waals surface area contributed by atoms with Crippen molar-refractivity contribution in [2.45, 2.75) is 13.0 Å². The highest BCUT2D eigenvalue weighted by molar-refractivity contribution is 6.32. The van der Waals surface area contributed by atoms with Crippen molar-refractivity contribution in [1.82, 2.24) is 10.2 Å². The summed E-state index contributed by atoms with van der Waals surface area (Å²) >= 11 is 5.85. The number of alkyl halides is 2. The zero-order valence-electron chi connectivity index (χ0n) is 13.1. The van der Waals surface area contributed by atoms with Crippen molar-refractivity contribution >= 4 is 34.0 Å². The molecule has 26 heavy (non-hydrogen) atoms. The lowest BCUT2D eigenvalue weighted by Crippen LogP contribution is -2.18. The number of ether oxygens (including phenoxy) is 1. The Balaban J connectivity index is 1.77. The molecule has 0 aliphatic heterocycles. The van der Waals surface area contributed by atoms with Crippen molar-refractivity contribution < 1.29 is 18.3 Å². The molecule has 0 saturated carbocycles. The molecular formula is C17H12ClF2N3O3. The molecule has 0 aliphatic carbocycles. The van der Waals surface area contributed by atoms with E-state index in [2.05, 4.69) is 20.3 Å². The molecule has 134 valence electrons. The Morgan fingerprint density at radius 1 is 1.23 bits per heavy atom. The number of fused-ring (bicyclic) bond motifs is 1. The van der Waals surface area contributed by atoms with Crippen LogP contribution in [0.5, 0.6) is 5.75 Å². The summed E-state index contributed by atoms with van der Waals surface area (Å²) in [6, 6.07) is 10.7. The number of anilines is 1. The molecule has 3 aromatic rings. The molecule has 0 radical (unpaired) electrons. The number of benzene rings is 2. The predicted molar refractivity (Wildman–Crippen MR) is 92.8 cm³/mol. The number of hydrogen-bond acceptors (Lipinski definition) is 4. The SMILES string of the molecule is O=C(Cc1n[nH]c(=O)c2ccccc12)Nc1ccc(OC(F)F)c(Cl)c1. The lowest BCUT2D eigenvalue weighted by molar-refractivity contribution is -0.115. The molecule has 1 amide bonds. The summed E-state index contributed by atoms with van der Waals surface area (Å²) in [5, 5.41) is 9.82. The summed E-state index contributed by atoms with van der Waals surface area (Å²) in [5.74, 6) is -0.596. The lowest BCUT2D eigenvalue weighted by Gasteiger charge is -2.10. The van der Waals surface area contributed by atoms with Crippen molar-refractivity contribution in [2.24, 2.45) is 0 Å². The van der Waals surface area contributed by atoms with Crippen LogP contribution in [0.4, 0.5) is 14.5 Å². The van der Waals surface area contributed by atoms with E-state index in [0.717, 1.165) is 0 Å². The van der Waals surface area contributed by atoms with Crippen LogP contribution in [0.1, 0.15) is 5.69 Å². The molecule has 0 aliphatic rings. The van der Waals surface area contributed by atoms with Gasteiger partial charge in [-0.05, 0) is 24.3 Å². The second kappa shape index (κ2) is 7.49. The Morgan fingerprint density at radius 3 is 2.65 bits per heavy atom. The van der Waals surface area contributed by atoms with Crippen LogP contribution in [0.15, 0.2) is 47.3 Å². The first-order chi connectivity index (χ1) is 12.4. The van der Waals surface area contributed by atoms with Crippen LogP contribution in [0.25, 0.3) is 10.8 Å². The molecule has 2 N–H and O–H groups in total. The fourth-order valence-corrected chi connectivity index (χ4v) is 2.66. The number of carbonyl (C=O) groups is 1. The van der Waals surface area contributed by atoms with Gasteiger partial charge in [0.05, 0.1) is 22.5 Å². The van der Waals surface area contributed by atoms with Crippen LogP contribution < -0.4 is 15.6 Å². The number of H-pyrrole nitrogens is 1. The Morgan fingerprint density at radius 2 is 1.96 bits per heavy atom. The molecule has 0 bridgehead atoms. The van der Waals surface area contributed by atoms with E-state index in [1.807, 2.05) is 0 Å². The van der Waals surface area contributed by atoms with Crippen molar-refractivity contribution in [2.75, 3.05) is 5.32 Å². The summed E-state index contributed by atoms with van der Waals surface area (Å²) in [5.41, 5.74) is 0.378. The molecule has 1 aromatic heterocycles. The van der Waals surface area contributed by atoms with Gasteiger partial charge >= 0.3 is 6.61 Å². The molecule has 0 unspecified atom stereocenters. The van der Waals surface area contributed by atoms with Gasteiger partial charge in [0.25, 0.3) is 5.56 Å². The van der Waals surface area contributed by atoms with Gasteiger partial charge in [0.1, 0.15) is 5.75 Å². The second-order valence-electron chi connectivity index (χ2n) is 5.29. The van der Waals surface area contributed by atoms with E-state index in [1.54, 1.807) is 24.3 Å². The van der Waals surface area contributed by atoms with Gasteiger partial charge in [-0.15, -0.1) is 0 Å². The van der Waals surface area contributed by atoms with Gasteiger partial charge in [-0.25, -0.2) is 5.10 Å². The Kier molecular flexibility index (Phi) is 5.13. The minimum Gasteiger partial charge on any atom is -0.433 e. The van der Waals surface area contributed by atoms with E-state index in [9.17, 15) is 18.4 Å². The van der Waals surface area contributed by atoms with Gasteiger partial charge in [0, 0.05) is 11.1 Å². The number of amides is 1. The molecule has 0 fully saturated rings. The van der Waals surface area contributed by atoms with E-state index >= 15 is 0 Å². The fraction of sp³-hybridized carbons (Fsp3) is 0.118. The van der Waals surface area contributed by atoms with E-state index in [1.165, 1.54) is 18.2 Å². The van der Waals surface area contributed by atoms with Crippen molar-refractivity contribution in [3.63, 3.8) is 0 Å². The highest BCUT2D eigenvalue weighted by Gasteiger charge is 2.13. The number of aromatic amines is 1. The lowest BCUT2D eigenvalue weighted by atomic mass is 10.1. The van der Waals surface area contributed by atoms with Crippen molar-refractivity contribution in [3.05, 3.63) is 63.5 Å². The largest absolute Gasteiger partial charge is 0.433 e. The van der Waals surface area contributed by atoms with E-state index in [4.69, 9.17) is 11.6 Å². The number of nitrogens with one attached hydrogen (secondary N) is 2. The number of nitrogens with zero attached hydrogens (tertiary/aromatic N) is 1. The highest BCUT2D eigenvalue weighted by atomic mass is 35.5. The molecule has 3 rings (SSSR count). The Hall–Kier alpha value is -3.00. The fourth-order valence-electron chi connectivity index (χ4n) is 2.43. The van der Waals surface area contributed by atoms with Crippen molar-refractivity contribution in [1.29, 1.82) is 0 Å². The van der Waals surface area contributed by atoms with Gasteiger partial charge in [-0.3, -0.25) is 9.59 Å². The molecule has 2 aromatic carbocycles. The molecule has 6 nitrogen and oxygen atoms in total. The second-order valence-corrected chi connectivity index (χ2v) is 5.70. The van der Waals surface area contributed by atoms with E-state index < -0.39 is 12.5 Å². The maximum atomic E-state index is 12.2. The smallest absolute Gasteiger partial charge is 0.387 e. The minimum absolute atomic E-state index is 0.0595. The number of halogens is 3. The maximum Gasteiger partial charge on any atom is 0.387 e. The third-order valence-corrected chi connectivity index (χ3v) is 3.83. The molecule has 0 saturated heterocycles. The number of hydrogen-bond donors (Lipinski definition) is 2. The molecule has 0 spiro atoms. The van der Waals surface area contributed by atoms with Crippen molar-refractivity contribution in [3.8, 4) is 5.75 Å². The van der Waals surface area contributed by atoms with Crippen LogP contribution in [-0.4, -0.2) is 22.7 Å². The van der Waals surface area contributed by atoms with Gasteiger partial charge in [-0.1, -0.05) is 29.8 Å². The Labute approximate surface area is 150 Å². The molecular weight excluding hydrogens is 368 g/mol. The van der Waals surface area contributed by atoms with Crippen LogP contribution in [0.2, 0.25) is 5.02 Å². The Bertz CT molecular complexity index is 1020. The first-order valence-electron chi connectivity index (χ1n) is 7.44. The summed E-state index contributed by atoms with van der Waals surface area (Å²) in [6.07, 6.45) is -0.0931. The summed E-state index contributed by atoms with van der Waals surface area (Å²) in [4.78, 5) is 24.0. The van der Waals surface area contributed by atoms with Gasteiger partial charge in [-0.2, -0.15) is 13.9 Å². The summed E-state index contributed by atoms with van der Waals surface area (Å²) in [7, 11) is 0. The number of aromatic nitrogens is 2. The van der Waals surface area contributed by atoms with E-state index in [-0.39, 0.29) is 22.8 Å². The van der Waals surface area contributed by atoms with E-state index in [0.29, 0.717) is 22.2 Å². The monoisotopic (exact) mass is 379 g/mol. The molecule has 0 atom stereocenters. The van der Waals surface area contributed by atoms with Crippen LogP contribution in [0.3, 0.4) is 0 Å². The highest BCUT2D eigenvalue weighted by Crippen LogP contribution is 2.29. The minimum atomic E-state index is -2.99. The average molecular weight is 380 g/mol. The standard InChI is InChI=1S/C17H12ClF2N3O3/c18-12-7-9(5-6-14(12)26-17(19)20)21-15(24)8-13-10-3-1-2-4-11(10)16(25)23-22-13/h1-7,17H,8H2,(H,21,24)(H,23,25). The predicted octanol–water partition coefficient (Wildman–Crippen LogP) is 3.36. The van der Waals surface area contributed by atoms with Gasteiger partial charge in [0.2, 0.25) is 5.91 Å². The van der Waals surface area contributed by atoms with Crippen LogP contribution >= 0.6 is 11.6 Å². The first kappa shape index (κ1) is 17.8. The normalized spacial score (nSPS) is 10.9. The summed E-state index contributed by atoms with van der Waals surface area (Å²) in [6.45, 7) is -2.99. The number of rotatable bonds is 5. The number of carbonyl (C=O) groups excluding carboxylic acids is 1. The van der Waals surface area contributed by atoms with Gasteiger partial charge in [0.15, 0.2) is 0 Å². The summed E-state index contributed by atoms with van der Waals surface area (Å²) < 4.78 is 28.7. The zero-order chi connectivity index (χ0) is 18.7. The maximum absolute atomic E-state index is 12.2. The molecule has 1 heterocycles. The quantitative estimate of drug-likeness (QED) is 0.712. The zero-order valence-corrected chi connectivity index (χ0v) is 13.9. The first-order valence-corrected chi connectivity index (χ1v) is 7.82. The third kappa shape index (κ3) is 3.97.